The number of fused-ring (bicyclic) bond motifs is 1. The molecule has 0 saturated carbocycles. The van der Waals surface area contributed by atoms with Crippen LogP contribution in [0.2, 0.25) is 0 Å². The van der Waals surface area contributed by atoms with Crippen LogP contribution >= 0.6 is 0 Å². The second-order valence-electron chi connectivity index (χ2n) is 3.70. The molecule has 0 aliphatic rings. The molecule has 18 heavy (non-hydrogen) atoms. The predicted octanol–water partition coefficient (Wildman–Crippen LogP) is 2.40. The lowest BCUT2D eigenvalue weighted by Gasteiger charge is -2.05. The van der Waals surface area contributed by atoms with Crippen molar-refractivity contribution in [2.24, 2.45) is 0 Å². The molecule has 0 saturated heterocycles. The zero-order valence-electron chi connectivity index (χ0n) is 9.01. The number of rotatable bonds is 1. The Labute approximate surface area is 100 Å². The molecule has 0 aliphatic carbocycles. The zero-order chi connectivity index (χ0) is 12.7. The maximum atomic E-state index is 13.7. The number of halogens is 2. The summed E-state index contributed by atoms with van der Waals surface area (Å²) >= 11 is 0. The Balaban J connectivity index is 2.32. The fourth-order valence-electron chi connectivity index (χ4n) is 1.74. The standard InChI is InChI=1S/C12H7F2N3O/c13-7-2-1-3-9(11(7)14)17-6-15-8-4-5-10(18)16-12(8)17/h1-6H,(H,16,18). The molecule has 3 rings (SSSR count). The van der Waals surface area contributed by atoms with Gasteiger partial charge in [-0.1, -0.05) is 6.07 Å². The highest BCUT2D eigenvalue weighted by atomic mass is 19.2. The van der Waals surface area contributed by atoms with Crippen molar-refractivity contribution in [3.63, 3.8) is 0 Å². The van der Waals surface area contributed by atoms with Crippen molar-refractivity contribution in [2.45, 2.75) is 0 Å². The summed E-state index contributed by atoms with van der Waals surface area (Å²) in [5.74, 6) is -2.14. The van der Waals surface area contributed by atoms with Gasteiger partial charge in [-0.25, -0.2) is 13.8 Å². The van der Waals surface area contributed by atoms with Gasteiger partial charge in [-0.15, -0.1) is 0 Å². The number of hydrogen-bond donors (Lipinski definition) is 1. The molecule has 0 bridgehead atoms. The van der Waals surface area contributed by atoms with E-state index in [1.165, 1.54) is 29.1 Å². The van der Waals surface area contributed by atoms with Crippen molar-refractivity contribution in [1.29, 1.82) is 0 Å². The van der Waals surface area contributed by atoms with E-state index in [9.17, 15) is 13.9 Å². The van der Waals surface area contributed by atoms with Crippen LogP contribution in [0.25, 0.3) is 16.9 Å². The summed E-state index contributed by atoms with van der Waals surface area (Å²) in [5, 5.41) is 9.32. The summed E-state index contributed by atoms with van der Waals surface area (Å²) in [6.07, 6.45) is 1.33. The van der Waals surface area contributed by atoms with Gasteiger partial charge in [0.2, 0.25) is 5.88 Å². The maximum Gasteiger partial charge on any atom is 0.212 e. The van der Waals surface area contributed by atoms with Gasteiger partial charge in [-0.2, -0.15) is 4.98 Å². The van der Waals surface area contributed by atoms with Gasteiger partial charge in [0.15, 0.2) is 17.3 Å². The SMILES string of the molecule is Oc1ccc2ncn(-c3cccc(F)c3F)c2n1. The second kappa shape index (κ2) is 3.76. The third kappa shape index (κ3) is 1.50. The van der Waals surface area contributed by atoms with E-state index in [-0.39, 0.29) is 17.2 Å². The van der Waals surface area contributed by atoms with Crippen molar-refractivity contribution >= 4 is 11.2 Å². The van der Waals surface area contributed by atoms with E-state index >= 15 is 0 Å². The minimum Gasteiger partial charge on any atom is -0.493 e. The van der Waals surface area contributed by atoms with E-state index in [4.69, 9.17) is 0 Å². The van der Waals surface area contributed by atoms with E-state index in [0.717, 1.165) is 6.07 Å². The Bertz CT molecular complexity index is 739. The minimum absolute atomic E-state index is 0.00407. The topological polar surface area (TPSA) is 50.9 Å². The van der Waals surface area contributed by atoms with Crippen LogP contribution < -0.4 is 0 Å². The van der Waals surface area contributed by atoms with Crippen LogP contribution in [0.5, 0.6) is 5.88 Å². The van der Waals surface area contributed by atoms with Crippen LogP contribution in [0.15, 0.2) is 36.7 Å². The third-order valence-corrected chi connectivity index (χ3v) is 2.57. The Morgan fingerprint density at radius 1 is 1.11 bits per heavy atom. The van der Waals surface area contributed by atoms with E-state index in [2.05, 4.69) is 9.97 Å². The van der Waals surface area contributed by atoms with Crippen molar-refractivity contribution in [2.75, 3.05) is 0 Å². The van der Waals surface area contributed by atoms with Crippen LogP contribution in [0.3, 0.4) is 0 Å². The normalized spacial score (nSPS) is 11.0. The first-order valence-corrected chi connectivity index (χ1v) is 5.14. The molecular formula is C12H7F2N3O. The average Bonchev–Trinajstić information content (AvgIpc) is 2.75. The van der Waals surface area contributed by atoms with Gasteiger partial charge in [0.25, 0.3) is 0 Å². The summed E-state index contributed by atoms with van der Waals surface area (Å²) in [6.45, 7) is 0. The zero-order valence-corrected chi connectivity index (χ0v) is 9.01. The van der Waals surface area contributed by atoms with Crippen LogP contribution in [0.1, 0.15) is 0 Å². The molecule has 1 N–H and O–H groups in total. The number of nitrogens with zero attached hydrogens (tertiary/aromatic N) is 3. The first-order valence-electron chi connectivity index (χ1n) is 5.14. The molecule has 0 atom stereocenters. The molecular weight excluding hydrogens is 240 g/mol. The molecule has 0 radical (unpaired) electrons. The number of aromatic hydroxyl groups is 1. The molecule has 0 spiro atoms. The van der Waals surface area contributed by atoms with Crippen molar-refractivity contribution in [1.82, 2.24) is 14.5 Å². The number of hydrogen-bond acceptors (Lipinski definition) is 3. The Hall–Kier alpha value is -2.50. The minimum atomic E-state index is -0.984. The summed E-state index contributed by atoms with van der Waals surface area (Å²) < 4.78 is 28.1. The van der Waals surface area contributed by atoms with Crippen molar-refractivity contribution in [3.05, 3.63) is 48.3 Å². The largest absolute Gasteiger partial charge is 0.493 e. The highest BCUT2D eigenvalue weighted by molar-refractivity contribution is 5.73. The van der Waals surface area contributed by atoms with Gasteiger partial charge in [-0.3, -0.25) is 4.57 Å². The van der Waals surface area contributed by atoms with Crippen LogP contribution in [-0.2, 0) is 0 Å². The monoisotopic (exact) mass is 247 g/mol. The third-order valence-electron chi connectivity index (χ3n) is 2.57. The molecule has 0 fully saturated rings. The van der Waals surface area contributed by atoms with Crippen LogP contribution in [0, 0.1) is 11.6 Å². The van der Waals surface area contributed by atoms with Gasteiger partial charge in [0.05, 0.1) is 5.69 Å². The average molecular weight is 247 g/mol. The number of aromatic nitrogens is 3. The Morgan fingerprint density at radius 2 is 1.94 bits per heavy atom. The molecule has 0 aliphatic heterocycles. The molecule has 0 amide bonds. The summed E-state index contributed by atoms with van der Waals surface area (Å²) in [4.78, 5) is 7.86. The van der Waals surface area contributed by atoms with Crippen molar-refractivity contribution in [3.8, 4) is 11.6 Å². The summed E-state index contributed by atoms with van der Waals surface area (Å²) in [7, 11) is 0. The Morgan fingerprint density at radius 3 is 2.78 bits per heavy atom. The summed E-state index contributed by atoms with van der Waals surface area (Å²) in [6, 6.07) is 6.75. The molecule has 2 aromatic heterocycles. The number of benzene rings is 1. The lowest BCUT2D eigenvalue weighted by Crippen LogP contribution is -1.99. The molecule has 6 heteroatoms. The fraction of sp³-hybridized carbons (Fsp3) is 0. The van der Waals surface area contributed by atoms with Gasteiger partial charge < -0.3 is 5.11 Å². The smallest absolute Gasteiger partial charge is 0.212 e. The summed E-state index contributed by atoms with van der Waals surface area (Å²) in [5.41, 5.74) is 0.742. The van der Waals surface area contributed by atoms with Crippen molar-refractivity contribution < 1.29 is 13.9 Å². The van der Waals surface area contributed by atoms with E-state index in [0.29, 0.717) is 5.52 Å². The first-order chi connectivity index (χ1) is 8.66. The number of imidazole rings is 1. The highest BCUT2D eigenvalue weighted by Gasteiger charge is 2.13. The molecule has 90 valence electrons. The lowest BCUT2D eigenvalue weighted by molar-refractivity contribution is 0.455. The van der Waals surface area contributed by atoms with E-state index in [1.54, 1.807) is 6.07 Å². The van der Waals surface area contributed by atoms with Gasteiger partial charge in [-0.05, 0) is 18.2 Å². The molecule has 1 aromatic carbocycles. The van der Waals surface area contributed by atoms with Crippen LogP contribution in [-0.4, -0.2) is 19.6 Å². The molecule has 4 nitrogen and oxygen atoms in total. The fourth-order valence-corrected chi connectivity index (χ4v) is 1.74. The molecule has 2 heterocycles. The molecule has 3 aromatic rings. The lowest BCUT2D eigenvalue weighted by atomic mass is 10.3. The predicted molar refractivity (Wildman–Crippen MR) is 60.4 cm³/mol. The van der Waals surface area contributed by atoms with Gasteiger partial charge in [0, 0.05) is 6.07 Å². The van der Waals surface area contributed by atoms with Crippen LogP contribution in [0.4, 0.5) is 8.78 Å². The highest BCUT2D eigenvalue weighted by Crippen LogP contribution is 2.21. The maximum absolute atomic E-state index is 13.7. The van der Waals surface area contributed by atoms with Gasteiger partial charge in [0.1, 0.15) is 11.8 Å². The van der Waals surface area contributed by atoms with Gasteiger partial charge >= 0.3 is 0 Å². The van der Waals surface area contributed by atoms with E-state index in [1.807, 2.05) is 0 Å². The second-order valence-corrected chi connectivity index (χ2v) is 3.70. The quantitative estimate of drug-likeness (QED) is 0.718. The van der Waals surface area contributed by atoms with E-state index < -0.39 is 11.6 Å². The molecule has 0 unspecified atom stereocenters. The first kappa shape index (κ1) is 10.6. The Kier molecular flexibility index (Phi) is 2.22. The number of pyridine rings is 1.